The fourth-order valence-electron chi connectivity index (χ4n) is 2.81. The predicted molar refractivity (Wildman–Crippen MR) is 102 cm³/mol. The molecule has 0 radical (unpaired) electrons. The third-order valence-electron chi connectivity index (χ3n) is 4.21. The number of hydrogen-bond donors (Lipinski definition) is 0. The Kier molecular flexibility index (Phi) is 5.47. The molecule has 0 saturated heterocycles. The van der Waals surface area contributed by atoms with Crippen molar-refractivity contribution < 1.29 is 21.6 Å². The summed E-state index contributed by atoms with van der Waals surface area (Å²) in [6.07, 6.45) is -4.63. The highest BCUT2D eigenvalue weighted by molar-refractivity contribution is 7.92. The van der Waals surface area contributed by atoms with Crippen molar-refractivity contribution in [3.8, 4) is 0 Å². The van der Waals surface area contributed by atoms with Crippen LogP contribution in [0.4, 0.5) is 18.9 Å². The van der Waals surface area contributed by atoms with Crippen molar-refractivity contribution >= 4 is 15.7 Å². The number of hydrogen-bond acceptors (Lipinski definition) is 2. The van der Waals surface area contributed by atoms with Gasteiger partial charge < -0.3 is 0 Å². The van der Waals surface area contributed by atoms with Crippen LogP contribution in [0.25, 0.3) is 0 Å². The van der Waals surface area contributed by atoms with Crippen molar-refractivity contribution in [3.63, 3.8) is 0 Å². The van der Waals surface area contributed by atoms with Gasteiger partial charge >= 0.3 is 6.18 Å². The lowest BCUT2D eigenvalue weighted by Gasteiger charge is -2.25. The fourth-order valence-corrected chi connectivity index (χ4v) is 4.30. The Balaban J connectivity index is 2.11. The highest BCUT2D eigenvalue weighted by Crippen LogP contribution is 2.32. The molecule has 28 heavy (non-hydrogen) atoms. The third-order valence-corrected chi connectivity index (χ3v) is 5.98. The van der Waals surface area contributed by atoms with E-state index >= 15 is 0 Å². The number of halogens is 3. The minimum Gasteiger partial charge on any atom is -0.262 e. The number of nitrogens with zero attached hydrogens (tertiary/aromatic N) is 1. The van der Waals surface area contributed by atoms with E-state index in [1.54, 1.807) is 42.5 Å². The number of alkyl halides is 3. The summed E-state index contributed by atoms with van der Waals surface area (Å²) in [7, 11) is -4.22. The van der Waals surface area contributed by atoms with Crippen LogP contribution in [-0.2, 0) is 22.7 Å². The van der Waals surface area contributed by atoms with Crippen LogP contribution in [-0.4, -0.2) is 8.42 Å². The minimum absolute atomic E-state index is 0.00285. The van der Waals surface area contributed by atoms with Crippen LogP contribution < -0.4 is 4.31 Å². The molecule has 0 heterocycles. The number of aryl methyl sites for hydroxylation is 1. The summed E-state index contributed by atoms with van der Waals surface area (Å²) in [6, 6.07) is 19.6. The van der Waals surface area contributed by atoms with Gasteiger partial charge in [0.05, 0.1) is 22.7 Å². The molecule has 3 rings (SSSR count). The lowest BCUT2D eigenvalue weighted by atomic mass is 10.2. The Morgan fingerprint density at radius 2 is 1.54 bits per heavy atom. The maximum Gasteiger partial charge on any atom is 0.416 e. The lowest BCUT2D eigenvalue weighted by Crippen LogP contribution is -2.30. The van der Waals surface area contributed by atoms with E-state index in [9.17, 15) is 21.6 Å². The Labute approximate surface area is 162 Å². The first-order valence-electron chi connectivity index (χ1n) is 8.48. The van der Waals surface area contributed by atoms with Crippen LogP contribution >= 0.6 is 0 Å². The van der Waals surface area contributed by atoms with Gasteiger partial charge in [-0.1, -0.05) is 48.5 Å². The molecule has 7 heteroatoms. The van der Waals surface area contributed by atoms with E-state index < -0.39 is 26.7 Å². The molecule has 3 nitrogen and oxygen atoms in total. The van der Waals surface area contributed by atoms with Crippen LogP contribution in [0.1, 0.15) is 16.7 Å². The van der Waals surface area contributed by atoms with Crippen molar-refractivity contribution in [3.05, 3.63) is 95.6 Å². The Morgan fingerprint density at radius 3 is 2.18 bits per heavy atom. The van der Waals surface area contributed by atoms with Crippen molar-refractivity contribution in [1.82, 2.24) is 0 Å². The molecule has 146 valence electrons. The first kappa shape index (κ1) is 19.9. The van der Waals surface area contributed by atoms with E-state index in [2.05, 4.69) is 0 Å². The standard InChI is InChI=1S/C21H18F3NO2S/c1-16-7-5-11-19(13-16)25(15-17-8-3-2-4-9-17)28(26,27)20-12-6-10-18(14-20)21(22,23)24/h2-14H,15H2,1H3. The molecule has 0 bridgehead atoms. The first-order chi connectivity index (χ1) is 13.2. The van der Waals surface area contributed by atoms with Gasteiger partial charge in [-0.05, 0) is 48.4 Å². The molecular weight excluding hydrogens is 387 g/mol. The summed E-state index contributed by atoms with van der Waals surface area (Å²) in [5, 5.41) is 0. The molecule has 0 spiro atoms. The quantitative estimate of drug-likeness (QED) is 0.569. The van der Waals surface area contributed by atoms with Gasteiger partial charge in [0, 0.05) is 0 Å². The topological polar surface area (TPSA) is 37.4 Å². The van der Waals surface area contributed by atoms with Crippen LogP contribution in [0.5, 0.6) is 0 Å². The molecule has 0 aliphatic rings. The van der Waals surface area contributed by atoms with Gasteiger partial charge in [0.2, 0.25) is 0 Å². The van der Waals surface area contributed by atoms with Crippen molar-refractivity contribution in [2.75, 3.05) is 4.31 Å². The third kappa shape index (κ3) is 4.36. The molecule has 0 aliphatic heterocycles. The molecule has 0 aromatic heterocycles. The van der Waals surface area contributed by atoms with Gasteiger partial charge in [-0.15, -0.1) is 0 Å². The van der Waals surface area contributed by atoms with Crippen LogP contribution in [0.2, 0.25) is 0 Å². The molecule has 0 amide bonds. The molecule has 3 aromatic rings. The smallest absolute Gasteiger partial charge is 0.262 e. The molecule has 0 unspecified atom stereocenters. The molecular formula is C21H18F3NO2S. The van der Waals surface area contributed by atoms with E-state index in [4.69, 9.17) is 0 Å². The second kappa shape index (κ2) is 7.67. The zero-order chi connectivity index (χ0) is 20.4. The highest BCUT2D eigenvalue weighted by atomic mass is 32.2. The summed E-state index contributed by atoms with van der Waals surface area (Å²) < 4.78 is 66.9. The zero-order valence-electron chi connectivity index (χ0n) is 15.0. The Hall–Kier alpha value is -2.80. The normalized spacial score (nSPS) is 12.0. The maximum absolute atomic E-state index is 13.3. The average molecular weight is 405 g/mol. The fraction of sp³-hybridized carbons (Fsp3) is 0.143. The summed E-state index contributed by atoms with van der Waals surface area (Å²) in [5.41, 5.74) is 0.952. The summed E-state index contributed by atoms with van der Waals surface area (Å²) in [4.78, 5) is -0.403. The van der Waals surface area contributed by atoms with E-state index in [1.807, 2.05) is 19.1 Å². The van der Waals surface area contributed by atoms with Gasteiger partial charge in [0.25, 0.3) is 10.0 Å². The van der Waals surface area contributed by atoms with Crippen LogP contribution in [0, 0.1) is 6.92 Å². The molecule has 0 N–H and O–H groups in total. The van der Waals surface area contributed by atoms with Crippen molar-refractivity contribution in [2.24, 2.45) is 0 Å². The van der Waals surface area contributed by atoms with Gasteiger partial charge in [-0.2, -0.15) is 13.2 Å². The lowest BCUT2D eigenvalue weighted by molar-refractivity contribution is -0.137. The SMILES string of the molecule is Cc1cccc(N(Cc2ccccc2)S(=O)(=O)c2cccc(C(F)(F)F)c2)c1. The zero-order valence-corrected chi connectivity index (χ0v) is 15.8. The number of rotatable bonds is 5. The number of sulfonamides is 1. The van der Waals surface area contributed by atoms with E-state index in [-0.39, 0.29) is 6.54 Å². The van der Waals surface area contributed by atoms with Gasteiger partial charge in [-0.25, -0.2) is 8.42 Å². The minimum atomic E-state index is -4.63. The van der Waals surface area contributed by atoms with Gasteiger partial charge in [-0.3, -0.25) is 4.31 Å². The molecule has 0 fully saturated rings. The number of anilines is 1. The van der Waals surface area contributed by atoms with Crippen LogP contribution in [0.15, 0.2) is 83.8 Å². The summed E-state index contributed by atoms with van der Waals surface area (Å²) in [5.74, 6) is 0. The molecule has 0 atom stereocenters. The average Bonchev–Trinajstić information content (AvgIpc) is 2.66. The van der Waals surface area contributed by atoms with Crippen molar-refractivity contribution in [2.45, 2.75) is 24.5 Å². The van der Waals surface area contributed by atoms with Gasteiger partial charge in [0.1, 0.15) is 0 Å². The van der Waals surface area contributed by atoms with Gasteiger partial charge in [0.15, 0.2) is 0 Å². The largest absolute Gasteiger partial charge is 0.416 e. The Morgan fingerprint density at radius 1 is 0.857 bits per heavy atom. The van der Waals surface area contributed by atoms with Crippen LogP contribution in [0.3, 0.4) is 0 Å². The number of benzene rings is 3. The monoisotopic (exact) mass is 405 g/mol. The Bertz CT molecular complexity index is 1060. The van der Waals surface area contributed by atoms with Crippen molar-refractivity contribution in [1.29, 1.82) is 0 Å². The maximum atomic E-state index is 13.3. The van der Waals surface area contributed by atoms with E-state index in [1.165, 1.54) is 6.07 Å². The molecule has 0 aliphatic carbocycles. The molecule has 0 saturated carbocycles. The molecule has 3 aromatic carbocycles. The summed E-state index contributed by atoms with van der Waals surface area (Å²) >= 11 is 0. The summed E-state index contributed by atoms with van der Waals surface area (Å²) in [6.45, 7) is 1.82. The van der Waals surface area contributed by atoms with E-state index in [0.29, 0.717) is 11.8 Å². The van der Waals surface area contributed by atoms with E-state index in [0.717, 1.165) is 27.6 Å². The predicted octanol–water partition coefficient (Wildman–Crippen LogP) is 5.41. The second-order valence-corrected chi connectivity index (χ2v) is 8.22. The highest BCUT2D eigenvalue weighted by Gasteiger charge is 2.33. The second-order valence-electron chi connectivity index (χ2n) is 6.36. The first-order valence-corrected chi connectivity index (χ1v) is 9.92.